The summed E-state index contributed by atoms with van der Waals surface area (Å²) in [5.74, 6) is -3.79. The number of nitro groups is 1. The van der Waals surface area contributed by atoms with Crippen LogP contribution < -0.4 is 5.32 Å². The highest BCUT2D eigenvalue weighted by molar-refractivity contribution is 5.96. The van der Waals surface area contributed by atoms with Crippen LogP contribution in [-0.2, 0) is 34.1 Å². The molecule has 0 spiro atoms. The van der Waals surface area contributed by atoms with Crippen LogP contribution in [0.1, 0.15) is 24.1 Å². The molecule has 0 radical (unpaired) electrons. The molecule has 0 saturated carbocycles. The highest BCUT2D eigenvalue weighted by Crippen LogP contribution is 2.57. The Morgan fingerprint density at radius 1 is 0.909 bits per heavy atom. The van der Waals surface area contributed by atoms with Gasteiger partial charge in [-0.15, -0.1) is 0 Å². The van der Waals surface area contributed by atoms with Crippen molar-refractivity contribution < 1.29 is 33.5 Å². The van der Waals surface area contributed by atoms with E-state index in [4.69, 9.17) is 14.2 Å². The lowest BCUT2D eigenvalue weighted by Gasteiger charge is -2.36. The van der Waals surface area contributed by atoms with E-state index in [0.29, 0.717) is 11.1 Å². The lowest BCUT2D eigenvalue weighted by molar-refractivity contribution is -0.384. The molecule has 1 heterocycles. The first-order valence-electron chi connectivity index (χ1n) is 10.0. The Labute approximate surface area is 190 Å². The monoisotopic (exact) mass is 456 g/mol. The Morgan fingerprint density at radius 2 is 1.48 bits per heavy atom. The molecule has 1 aliphatic rings. The van der Waals surface area contributed by atoms with Crippen molar-refractivity contribution in [1.29, 1.82) is 0 Å². The summed E-state index contributed by atoms with van der Waals surface area (Å²) < 4.78 is 15.2. The quantitative estimate of drug-likeness (QED) is 0.301. The second-order valence-corrected chi connectivity index (χ2v) is 7.82. The summed E-state index contributed by atoms with van der Waals surface area (Å²) in [6.07, 6.45) is 0. The summed E-state index contributed by atoms with van der Waals surface area (Å²) in [7, 11) is 3.51. The van der Waals surface area contributed by atoms with Crippen LogP contribution in [-0.4, -0.2) is 44.2 Å². The Balaban J connectivity index is 2.34. The number of hydrogen-bond donors (Lipinski definition) is 1. The average Bonchev–Trinajstić information content (AvgIpc) is 3.14. The second kappa shape index (κ2) is 8.99. The van der Waals surface area contributed by atoms with Gasteiger partial charge in [-0.25, -0.2) is 4.79 Å². The first kappa shape index (κ1) is 23.9. The summed E-state index contributed by atoms with van der Waals surface area (Å²) in [5.41, 5.74) is -2.79. The lowest BCUT2D eigenvalue weighted by Crippen LogP contribution is -2.54. The van der Waals surface area contributed by atoms with E-state index in [2.05, 4.69) is 5.32 Å². The summed E-state index contributed by atoms with van der Waals surface area (Å²) in [6, 6.07) is 12.9. The number of non-ortho nitro benzene ring substituents is 1. The molecule has 0 unspecified atom stereocenters. The van der Waals surface area contributed by atoms with Gasteiger partial charge in [0.15, 0.2) is 5.54 Å². The number of nitrogens with zero attached hydrogens (tertiary/aromatic N) is 1. The molecule has 4 atom stereocenters. The Morgan fingerprint density at radius 3 is 1.97 bits per heavy atom. The SMILES string of the molecule is COC(=O)[C@H]1[C@@](C)(C(=O)OC)[C@@H](c2ccc([N+](=O)[O-])cc2)N[C@]1(C(=O)OC)c1ccccc1. The Kier molecular flexibility index (Phi) is 6.50. The fourth-order valence-corrected chi connectivity index (χ4v) is 4.70. The molecule has 0 aromatic heterocycles. The molecule has 1 N–H and O–H groups in total. The number of benzene rings is 2. The van der Waals surface area contributed by atoms with Crippen molar-refractivity contribution in [3.05, 3.63) is 75.8 Å². The van der Waals surface area contributed by atoms with Gasteiger partial charge in [0.1, 0.15) is 11.3 Å². The largest absolute Gasteiger partial charge is 0.469 e. The zero-order valence-electron chi connectivity index (χ0n) is 18.6. The van der Waals surface area contributed by atoms with Crippen LogP contribution in [0.3, 0.4) is 0 Å². The van der Waals surface area contributed by atoms with Crippen molar-refractivity contribution in [2.24, 2.45) is 11.3 Å². The smallest absolute Gasteiger partial charge is 0.331 e. The van der Waals surface area contributed by atoms with E-state index in [-0.39, 0.29) is 5.69 Å². The molecule has 2 aromatic rings. The van der Waals surface area contributed by atoms with Gasteiger partial charge < -0.3 is 14.2 Å². The second-order valence-electron chi connectivity index (χ2n) is 7.82. The van der Waals surface area contributed by atoms with E-state index in [0.717, 1.165) is 7.11 Å². The van der Waals surface area contributed by atoms with Crippen LogP contribution in [0.5, 0.6) is 0 Å². The molecule has 0 aliphatic carbocycles. The maximum Gasteiger partial charge on any atom is 0.331 e. The number of carbonyl (C=O) groups excluding carboxylic acids is 3. The predicted molar refractivity (Wildman–Crippen MR) is 115 cm³/mol. The van der Waals surface area contributed by atoms with Gasteiger partial charge >= 0.3 is 17.9 Å². The summed E-state index contributed by atoms with van der Waals surface area (Å²) in [4.78, 5) is 50.3. The van der Waals surface area contributed by atoms with Gasteiger partial charge in [-0.2, -0.15) is 0 Å². The van der Waals surface area contributed by atoms with Crippen LogP contribution in [0.4, 0.5) is 5.69 Å². The van der Waals surface area contributed by atoms with E-state index < -0.39 is 45.7 Å². The third kappa shape index (κ3) is 3.62. The molecule has 1 saturated heterocycles. The zero-order chi connectivity index (χ0) is 24.4. The average molecular weight is 456 g/mol. The molecule has 174 valence electrons. The fourth-order valence-electron chi connectivity index (χ4n) is 4.70. The highest BCUT2D eigenvalue weighted by atomic mass is 16.6. The number of carbonyl (C=O) groups is 3. The molecule has 0 amide bonds. The summed E-state index contributed by atoms with van der Waals surface area (Å²) >= 11 is 0. The van der Waals surface area contributed by atoms with Crippen LogP contribution >= 0.6 is 0 Å². The maximum absolute atomic E-state index is 13.4. The van der Waals surface area contributed by atoms with Gasteiger partial charge in [0, 0.05) is 12.1 Å². The van der Waals surface area contributed by atoms with Gasteiger partial charge in [-0.3, -0.25) is 25.0 Å². The first-order chi connectivity index (χ1) is 15.7. The molecule has 0 bridgehead atoms. The molecule has 2 aromatic carbocycles. The lowest BCUT2D eigenvalue weighted by atomic mass is 9.65. The third-order valence-corrected chi connectivity index (χ3v) is 6.24. The molecule has 1 fully saturated rings. The van der Waals surface area contributed by atoms with Crippen molar-refractivity contribution in [2.75, 3.05) is 21.3 Å². The minimum Gasteiger partial charge on any atom is -0.469 e. The number of methoxy groups -OCH3 is 3. The number of hydrogen-bond acceptors (Lipinski definition) is 9. The van der Waals surface area contributed by atoms with Crippen molar-refractivity contribution in [3.8, 4) is 0 Å². The molecule has 3 rings (SSSR count). The fraction of sp³-hybridized carbons (Fsp3) is 0.348. The molecule has 10 heteroatoms. The van der Waals surface area contributed by atoms with Crippen LogP contribution in [0.25, 0.3) is 0 Å². The Bertz CT molecular complexity index is 1070. The minimum atomic E-state index is -1.81. The minimum absolute atomic E-state index is 0.150. The molecular formula is C23H24N2O8. The Hall–Kier alpha value is -3.79. The molecule has 1 aliphatic heterocycles. The number of esters is 3. The van der Waals surface area contributed by atoms with Crippen LogP contribution in [0, 0.1) is 21.4 Å². The van der Waals surface area contributed by atoms with Crippen molar-refractivity contribution in [3.63, 3.8) is 0 Å². The summed E-state index contributed by atoms with van der Waals surface area (Å²) in [6.45, 7) is 1.49. The van der Waals surface area contributed by atoms with Gasteiger partial charge in [-0.05, 0) is 18.1 Å². The van der Waals surface area contributed by atoms with E-state index in [9.17, 15) is 24.5 Å². The van der Waals surface area contributed by atoms with E-state index in [1.54, 1.807) is 30.3 Å². The van der Waals surface area contributed by atoms with Crippen molar-refractivity contribution in [1.82, 2.24) is 5.32 Å². The topological polar surface area (TPSA) is 134 Å². The normalized spacial score (nSPS) is 26.3. The van der Waals surface area contributed by atoms with Gasteiger partial charge in [-0.1, -0.05) is 42.5 Å². The van der Waals surface area contributed by atoms with Crippen molar-refractivity contribution in [2.45, 2.75) is 18.5 Å². The summed E-state index contributed by atoms with van der Waals surface area (Å²) in [5, 5.41) is 14.3. The molecule has 33 heavy (non-hydrogen) atoms. The molecular weight excluding hydrogens is 432 g/mol. The standard InChI is InChI=1S/C23H24N2O8/c1-22(20(27)32-3)17(19(26)31-2)23(21(28)33-4,15-8-6-5-7-9-15)24-18(22)14-10-12-16(13-11-14)25(29)30/h5-13,17-18,24H,1-4H3/t17-,18+,22+,23+/m0/s1. The first-order valence-corrected chi connectivity index (χ1v) is 10.0. The maximum atomic E-state index is 13.4. The predicted octanol–water partition coefficient (Wildman–Crippen LogP) is 2.28. The highest BCUT2D eigenvalue weighted by Gasteiger charge is 2.71. The van der Waals surface area contributed by atoms with Crippen molar-refractivity contribution >= 4 is 23.6 Å². The van der Waals surface area contributed by atoms with Gasteiger partial charge in [0.05, 0.1) is 32.3 Å². The van der Waals surface area contributed by atoms with E-state index in [1.807, 2.05) is 0 Å². The van der Waals surface area contributed by atoms with Gasteiger partial charge in [0.2, 0.25) is 0 Å². The van der Waals surface area contributed by atoms with Crippen LogP contribution in [0.15, 0.2) is 54.6 Å². The molecule has 10 nitrogen and oxygen atoms in total. The number of nitro benzene ring substituents is 1. The third-order valence-electron chi connectivity index (χ3n) is 6.24. The van der Waals surface area contributed by atoms with Gasteiger partial charge in [0.25, 0.3) is 5.69 Å². The van der Waals surface area contributed by atoms with E-state index in [1.165, 1.54) is 45.4 Å². The van der Waals surface area contributed by atoms with E-state index >= 15 is 0 Å². The zero-order valence-corrected chi connectivity index (χ0v) is 18.6. The number of nitrogens with one attached hydrogen (secondary N) is 1. The number of ether oxygens (including phenoxy) is 3. The van der Waals surface area contributed by atoms with Crippen LogP contribution in [0.2, 0.25) is 0 Å². The number of rotatable bonds is 6.